The van der Waals surface area contributed by atoms with E-state index in [1.165, 1.54) is 0 Å². The first kappa shape index (κ1) is 15.8. The van der Waals surface area contributed by atoms with Gasteiger partial charge in [-0.25, -0.2) is 8.42 Å². The Hall–Kier alpha value is -2.13. The fraction of sp³-hybridized carbons (Fsp3) is 0.143. The van der Waals surface area contributed by atoms with Crippen LogP contribution >= 0.6 is 15.9 Å². The number of aromatic nitrogens is 2. The predicted octanol–water partition coefficient (Wildman–Crippen LogP) is 3.52. The van der Waals surface area contributed by atoms with Crippen LogP contribution in [0, 0.1) is 0 Å². The molecule has 7 nitrogen and oxygen atoms in total. The SMILES string of the molecule is CCS(=O)(=O)Nc1ccc(-c2noc(-c3ccc(Br)o3)n2)cc1. The third kappa shape index (κ3) is 3.62. The van der Waals surface area contributed by atoms with Crippen molar-refractivity contribution in [2.24, 2.45) is 0 Å². The molecule has 0 fully saturated rings. The summed E-state index contributed by atoms with van der Waals surface area (Å²) in [6, 6.07) is 10.1. The van der Waals surface area contributed by atoms with Crippen molar-refractivity contribution in [3.8, 4) is 23.0 Å². The molecular formula is C14H12BrN3O4S. The Morgan fingerprint density at radius 3 is 2.52 bits per heavy atom. The Labute approximate surface area is 140 Å². The predicted molar refractivity (Wildman–Crippen MR) is 88.2 cm³/mol. The van der Waals surface area contributed by atoms with Crippen LogP contribution in [0.4, 0.5) is 5.69 Å². The van der Waals surface area contributed by atoms with Gasteiger partial charge in [0.05, 0.1) is 5.75 Å². The molecule has 3 aromatic rings. The number of halogens is 1. The maximum absolute atomic E-state index is 11.5. The van der Waals surface area contributed by atoms with Crippen LogP contribution in [0.1, 0.15) is 6.92 Å². The summed E-state index contributed by atoms with van der Waals surface area (Å²) < 4.78 is 36.6. The van der Waals surface area contributed by atoms with Crippen molar-refractivity contribution in [2.45, 2.75) is 6.92 Å². The lowest BCUT2D eigenvalue weighted by Crippen LogP contribution is -2.14. The van der Waals surface area contributed by atoms with E-state index in [2.05, 4.69) is 30.8 Å². The summed E-state index contributed by atoms with van der Waals surface area (Å²) in [4.78, 5) is 4.25. The zero-order valence-electron chi connectivity index (χ0n) is 12.0. The number of anilines is 1. The molecule has 0 aliphatic rings. The smallest absolute Gasteiger partial charge is 0.293 e. The zero-order chi connectivity index (χ0) is 16.4. The summed E-state index contributed by atoms with van der Waals surface area (Å²) in [5.74, 6) is 1.13. The van der Waals surface area contributed by atoms with Gasteiger partial charge in [-0.15, -0.1) is 0 Å². The van der Waals surface area contributed by atoms with Crippen molar-refractivity contribution in [1.29, 1.82) is 0 Å². The van der Waals surface area contributed by atoms with Crippen LogP contribution in [0.5, 0.6) is 0 Å². The number of sulfonamides is 1. The summed E-state index contributed by atoms with van der Waals surface area (Å²) in [5.41, 5.74) is 1.18. The molecule has 2 heterocycles. The molecule has 0 unspecified atom stereocenters. The van der Waals surface area contributed by atoms with Crippen LogP contribution in [0.2, 0.25) is 0 Å². The van der Waals surface area contributed by atoms with Gasteiger partial charge in [0.25, 0.3) is 5.89 Å². The van der Waals surface area contributed by atoms with Gasteiger partial charge < -0.3 is 8.94 Å². The van der Waals surface area contributed by atoms with Crippen LogP contribution in [0.3, 0.4) is 0 Å². The van der Waals surface area contributed by atoms with E-state index < -0.39 is 10.0 Å². The highest BCUT2D eigenvalue weighted by atomic mass is 79.9. The van der Waals surface area contributed by atoms with Crippen molar-refractivity contribution < 1.29 is 17.4 Å². The molecule has 120 valence electrons. The minimum absolute atomic E-state index is 0.0155. The standard InChI is InChI=1S/C14H12BrN3O4S/c1-2-23(19,20)18-10-5-3-9(4-6-10)13-16-14(22-17-13)11-7-8-12(15)21-11/h3-8,18H,2H2,1H3. The van der Waals surface area contributed by atoms with E-state index in [4.69, 9.17) is 8.94 Å². The van der Waals surface area contributed by atoms with Crippen LogP contribution in [0.15, 0.2) is 50.0 Å². The summed E-state index contributed by atoms with van der Waals surface area (Å²) >= 11 is 3.21. The van der Waals surface area contributed by atoms with E-state index in [9.17, 15) is 8.42 Å². The Balaban J connectivity index is 1.81. The van der Waals surface area contributed by atoms with Crippen molar-refractivity contribution >= 4 is 31.6 Å². The second-order valence-electron chi connectivity index (χ2n) is 4.61. The molecule has 0 bridgehead atoms. The van der Waals surface area contributed by atoms with E-state index in [1.54, 1.807) is 43.3 Å². The van der Waals surface area contributed by atoms with Crippen molar-refractivity contribution in [3.63, 3.8) is 0 Å². The van der Waals surface area contributed by atoms with Crippen LogP contribution in [0.25, 0.3) is 23.0 Å². The lowest BCUT2D eigenvalue weighted by Gasteiger charge is -2.05. The molecule has 0 amide bonds. The Kier molecular flexibility index (Phi) is 4.22. The first-order valence-corrected chi connectivity index (χ1v) is 9.12. The fourth-order valence-corrected chi connectivity index (χ4v) is 2.76. The number of hydrogen-bond donors (Lipinski definition) is 1. The highest BCUT2D eigenvalue weighted by Gasteiger charge is 2.14. The number of rotatable bonds is 5. The average molecular weight is 398 g/mol. The number of nitrogens with one attached hydrogen (secondary N) is 1. The number of hydrogen-bond acceptors (Lipinski definition) is 6. The first-order chi connectivity index (χ1) is 11.0. The molecule has 0 radical (unpaired) electrons. The highest BCUT2D eigenvalue weighted by molar-refractivity contribution is 9.10. The molecule has 3 rings (SSSR count). The second kappa shape index (κ2) is 6.17. The summed E-state index contributed by atoms with van der Waals surface area (Å²) in [6.07, 6.45) is 0. The minimum atomic E-state index is -3.30. The van der Waals surface area contributed by atoms with Gasteiger partial charge in [0.1, 0.15) is 0 Å². The van der Waals surface area contributed by atoms with Crippen molar-refractivity contribution in [1.82, 2.24) is 10.1 Å². The topological polar surface area (TPSA) is 98.2 Å². The van der Waals surface area contributed by atoms with Crippen LogP contribution in [-0.4, -0.2) is 24.3 Å². The van der Waals surface area contributed by atoms with E-state index in [-0.39, 0.29) is 11.6 Å². The zero-order valence-corrected chi connectivity index (χ0v) is 14.4. The second-order valence-corrected chi connectivity index (χ2v) is 7.40. The molecule has 0 aliphatic heterocycles. The van der Waals surface area contributed by atoms with E-state index in [0.717, 1.165) is 0 Å². The Bertz CT molecular complexity index is 916. The molecular weight excluding hydrogens is 386 g/mol. The third-order valence-electron chi connectivity index (χ3n) is 3.01. The molecule has 0 saturated carbocycles. The normalized spacial score (nSPS) is 11.6. The van der Waals surface area contributed by atoms with Gasteiger partial charge in [-0.2, -0.15) is 4.98 Å². The maximum atomic E-state index is 11.5. The molecule has 23 heavy (non-hydrogen) atoms. The van der Waals surface area contributed by atoms with Gasteiger partial charge in [-0.3, -0.25) is 4.72 Å². The lowest BCUT2D eigenvalue weighted by atomic mass is 10.2. The lowest BCUT2D eigenvalue weighted by molar-refractivity contribution is 0.414. The summed E-state index contributed by atoms with van der Waals surface area (Å²) in [6.45, 7) is 1.57. The number of furan rings is 1. The first-order valence-electron chi connectivity index (χ1n) is 6.67. The largest absolute Gasteiger partial charge is 0.444 e. The monoisotopic (exact) mass is 397 g/mol. The third-order valence-corrected chi connectivity index (χ3v) is 4.74. The molecule has 2 aromatic heterocycles. The molecule has 0 aliphatic carbocycles. The minimum Gasteiger partial charge on any atom is -0.444 e. The van der Waals surface area contributed by atoms with Gasteiger partial charge in [0.2, 0.25) is 15.8 Å². The van der Waals surface area contributed by atoms with Gasteiger partial charge >= 0.3 is 0 Å². The van der Waals surface area contributed by atoms with E-state index >= 15 is 0 Å². The fourth-order valence-electron chi connectivity index (χ4n) is 1.81. The summed E-state index contributed by atoms with van der Waals surface area (Å²) in [7, 11) is -3.30. The molecule has 0 atom stereocenters. The quantitative estimate of drug-likeness (QED) is 0.706. The molecule has 1 N–H and O–H groups in total. The molecule has 9 heteroatoms. The van der Waals surface area contributed by atoms with Gasteiger partial charge in [-0.1, -0.05) is 5.16 Å². The average Bonchev–Trinajstić information content (AvgIpc) is 3.16. The van der Waals surface area contributed by atoms with Crippen LogP contribution < -0.4 is 4.72 Å². The Morgan fingerprint density at radius 1 is 1.17 bits per heavy atom. The number of nitrogens with zero attached hydrogens (tertiary/aromatic N) is 2. The van der Waals surface area contributed by atoms with Gasteiger partial charge in [-0.05, 0) is 59.3 Å². The van der Waals surface area contributed by atoms with E-state index in [1.807, 2.05) is 0 Å². The summed E-state index contributed by atoms with van der Waals surface area (Å²) in [5, 5.41) is 3.89. The van der Waals surface area contributed by atoms with E-state index in [0.29, 0.717) is 27.5 Å². The number of benzene rings is 1. The Morgan fingerprint density at radius 2 is 1.91 bits per heavy atom. The highest BCUT2D eigenvalue weighted by Crippen LogP contribution is 2.26. The van der Waals surface area contributed by atoms with Crippen LogP contribution in [-0.2, 0) is 10.0 Å². The molecule has 0 spiro atoms. The van der Waals surface area contributed by atoms with Gasteiger partial charge in [0.15, 0.2) is 10.4 Å². The maximum Gasteiger partial charge on any atom is 0.293 e. The molecule has 1 aromatic carbocycles. The van der Waals surface area contributed by atoms with Crippen molar-refractivity contribution in [3.05, 3.63) is 41.1 Å². The van der Waals surface area contributed by atoms with Crippen molar-refractivity contribution in [2.75, 3.05) is 10.5 Å². The van der Waals surface area contributed by atoms with Gasteiger partial charge in [0, 0.05) is 11.3 Å². The molecule has 0 saturated heterocycles.